The Hall–Kier alpha value is -3.45. The fraction of sp³-hybridized carbons (Fsp3) is 0.517. The molecule has 1 N–H and O–H groups in total. The molecule has 10 heteroatoms. The summed E-state index contributed by atoms with van der Waals surface area (Å²) in [6.45, 7) is 1.35. The molecule has 6 bridgehead atoms. The lowest BCUT2D eigenvalue weighted by atomic mass is 9.98. The van der Waals surface area contributed by atoms with Gasteiger partial charge >= 0.3 is 0 Å². The van der Waals surface area contributed by atoms with Gasteiger partial charge in [0, 0.05) is 30.8 Å². The Morgan fingerprint density at radius 1 is 1.08 bits per heavy atom. The number of halogens is 3. The van der Waals surface area contributed by atoms with Gasteiger partial charge in [-0.1, -0.05) is 37.8 Å². The van der Waals surface area contributed by atoms with Crippen LogP contribution in [0.1, 0.15) is 73.9 Å². The average molecular weight is 540 g/mol. The molecular formula is C29H32F3N5O2. The molecule has 39 heavy (non-hydrogen) atoms. The van der Waals surface area contributed by atoms with Gasteiger partial charge < -0.3 is 10.1 Å². The third-order valence-electron chi connectivity index (χ3n) is 7.66. The molecule has 0 spiro atoms. The maximum Gasteiger partial charge on any atom is 0.298 e. The SMILES string of the molecule is Cc1nc2c3cc(C4(C#N)CC4)c(=O)n(c3n1)CCCCCCCCOCC(F)(F)c1cccc(c1F)CN2. The van der Waals surface area contributed by atoms with Crippen molar-refractivity contribution in [3.8, 4) is 6.07 Å². The Balaban J connectivity index is 1.60. The molecule has 1 fully saturated rings. The molecule has 2 aromatic heterocycles. The predicted molar refractivity (Wildman–Crippen MR) is 141 cm³/mol. The molecule has 0 amide bonds. The van der Waals surface area contributed by atoms with Gasteiger partial charge in [-0.25, -0.2) is 14.4 Å². The van der Waals surface area contributed by atoms with E-state index in [-0.39, 0.29) is 24.3 Å². The van der Waals surface area contributed by atoms with E-state index in [1.807, 2.05) is 0 Å². The number of hydrogen-bond acceptors (Lipinski definition) is 6. The van der Waals surface area contributed by atoms with Gasteiger partial charge in [-0.2, -0.15) is 14.0 Å². The molecule has 2 aliphatic rings. The normalized spacial score (nSPS) is 19.7. The number of aromatic nitrogens is 3. The zero-order valence-corrected chi connectivity index (χ0v) is 22.0. The van der Waals surface area contributed by atoms with Gasteiger partial charge in [0.25, 0.3) is 11.5 Å². The fourth-order valence-corrected chi connectivity index (χ4v) is 5.24. The Kier molecular flexibility index (Phi) is 7.63. The summed E-state index contributed by atoms with van der Waals surface area (Å²) in [7, 11) is 0. The van der Waals surface area contributed by atoms with Crippen LogP contribution in [0.5, 0.6) is 0 Å². The maximum absolute atomic E-state index is 15.3. The molecular weight excluding hydrogens is 507 g/mol. The lowest BCUT2D eigenvalue weighted by molar-refractivity contribution is -0.0853. The van der Waals surface area contributed by atoms with Crippen LogP contribution in [0.2, 0.25) is 0 Å². The zero-order chi connectivity index (χ0) is 27.6. The second kappa shape index (κ2) is 11.0. The Labute approximate surface area is 225 Å². The van der Waals surface area contributed by atoms with Gasteiger partial charge in [0.2, 0.25) is 0 Å². The molecule has 0 saturated heterocycles. The predicted octanol–water partition coefficient (Wildman–Crippen LogP) is 5.87. The van der Waals surface area contributed by atoms with Crippen molar-refractivity contribution in [1.29, 1.82) is 5.26 Å². The smallest absolute Gasteiger partial charge is 0.298 e. The van der Waals surface area contributed by atoms with E-state index in [9.17, 15) is 18.8 Å². The number of pyridine rings is 1. The standard InChI is InChI=1S/C29H32F3N5O2/c1-19-35-25-21-15-23(28(17-33)11-12-28)27(38)37(26(21)36-19)13-6-4-2-3-5-7-14-39-18-29(31,32)22-10-8-9-20(16-34-25)24(22)30/h8-10,15H,2-7,11-14,16,18H2,1H3,(H,34,35,36). The van der Waals surface area contributed by atoms with Crippen LogP contribution < -0.4 is 10.9 Å². The Bertz CT molecular complexity index is 1480. The summed E-state index contributed by atoms with van der Waals surface area (Å²) in [6.07, 6.45) is 6.19. The molecule has 7 nitrogen and oxygen atoms in total. The highest BCUT2D eigenvalue weighted by Gasteiger charge is 2.47. The molecule has 206 valence electrons. The second-order valence-corrected chi connectivity index (χ2v) is 10.6. The first-order chi connectivity index (χ1) is 18.8. The topological polar surface area (TPSA) is 92.8 Å². The highest BCUT2D eigenvalue weighted by atomic mass is 19.3. The lowest BCUT2D eigenvalue weighted by Crippen LogP contribution is -2.29. The third-order valence-corrected chi connectivity index (χ3v) is 7.66. The number of nitrogens with zero attached hydrogens (tertiary/aromatic N) is 4. The van der Waals surface area contributed by atoms with E-state index < -0.39 is 29.3 Å². The van der Waals surface area contributed by atoms with E-state index in [4.69, 9.17) is 4.74 Å². The fourth-order valence-electron chi connectivity index (χ4n) is 5.24. The number of alkyl halides is 2. The number of ether oxygens (including phenoxy) is 1. The van der Waals surface area contributed by atoms with Crippen LogP contribution in [-0.2, 0) is 29.2 Å². The van der Waals surface area contributed by atoms with Gasteiger partial charge in [-0.05, 0) is 44.7 Å². The van der Waals surface area contributed by atoms with E-state index in [0.29, 0.717) is 54.0 Å². The van der Waals surface area contributed by atoms with Crippen LogP contribution in [-0.4, -0.2) is 27.7 Å². The highest BCUT2D eigenvalue weighted by molar-refractivity contribution is 5.87. The van der Waals surface area contributed by atoms with Crippen molar-refractivity contribution in [1.82, 2.24) is 14.5 Å². The first-order valence-electron chi connectivity index (χ1n) is 13.6. The van der Waals surface area contributed by atoms with Crippen molar-refractivity contribution < 1.29 is 17.9 Å². The number of aryl methyl sites for hydroxylation is 2. The van der Waals surface area contributed by atoms with Crippen molar-refractivity contribution >= 4 is 16.9 Å². The van der Waals surface area contributed by atoms with Gasteiger partial charge in [0.1, 0.15) is 29.7 Å². The van der Waals surface area contributed by atoms with Crippen LogP contribution in [0.25, 0.3) is 11.0 Å². The monoisotopic (exact) mass is 539 g/mol. The quantitative estimate of drug-likeness (QED) is 0.416. The summed E-state index contributed by atoms with van der Waals surface area (Å²) in [5.41, 5.74) is -0.832. The van der Waals surface area contributed by atoms with Crippen molar-refractivity contribution in [3.05, 3.63) is 63.0 Å². The van der Waals surface area contributed by atoms with Crippen molar-refractivity contribution in [3.63, 3.8) is 0 Å². The first kappa shape index (κ1) is 27.1. The largest absolute Gasteiger partial charge is 0.375 e. The number of fused-ring (bicyclic) bond motifs is 2. The first-order valence-corrected chi connectivity index (χ1v) is 13.6. The van der Waals surface area contributed by atoms with Crippen molar-refractivity contribution in [2.45, 2.75) is 82.7 Å². The molecule has 1 aromatic carbocycles. The number of nitriles is 1. The molecule has 3 heterocycles. The average Bonchev–Trinajstić information content (AvgIpc) is 3.70. The van der Waals surface area contributed by atoms with Crippen LogP contribution in [0.4, 0.5) is 19.0 Å². The van der Waals surface area contributed by atoms with E-state index in [1.165, 1.54) is 12.1 Å². The lowest BCUT2D eigenvalue weighted by Gasteiger charge is -2.20. The Morgan fingerprint density at radius 3 is 2.56 bits per heavy atom. The van der Waals surface area contributed by atoms with Crippen molar-refractivity contribution in [2.24, 2.45) is 0 Å². The van der Waals surface area contributed by atoms with Gasteiger partial charge in [0.15, 0.2) is 0 Å². The van der Waals surface area contributed by atoms with Crippen LogP contribution >= 0.6 is 0 Å². The van der Waals surface area contributed by atoms with Crippen molar-refractivity contribution in [2.75, 3.05) is 18.5 Å². The van der Waals surface area contributed by atoms with Gasteiger partial charge in [-0.3, -0.25) is 9.36 Å². The molecule has 0 unspecified atom stereocenters. The summed E-state index contributed by atoms with van der Waals surface area (Å²) < 4.78 is 51.9. The van der Waals surface area contributed by atoms with Crippen LogP contribution in [0.15, 0.2) is 29.1 Å². The van der Waals surface area contributed by atoms with E-state index in [1.54, 1.807) is 17.6 Å². The molecule has 1 saturated carbocycles. The molecule has 1 aliphatic heterocycles. The molecule has 0 atom stereocenters. The number of hydrogen-bond donors (Lipinski definition) is 1. The van der Waals surface area contributed by atoms with Crippen LogP contribution in [0, 0.1) is 24.1 Å². The summed E-state index contributed by atoms with van der Waals surface area (Å²) in [5.74, 6) is -3.70. The summed E-state index contributed by atoms with van der Waals surface area (Å²) in [6, 6.07) is 7.92. The summed E-state index contributed by atoms with van der Waals surface area (Å²) >= 11 is 0. The number of benzene rings is 1. The second-order valence-electron chi connectivity index (χ2n) is 10.6. The van der Waals surface area contributed by atoms with E-state index in [0.717, 1.165) is 38.2 Å². The number of rotatable bonds is 1. The maximum atomic E-state index is 15.3. The summed E-state index contributed by atoms with van der Waals surface area (Å²) in [4.78, 5) is 22.7. The third kappa shape index (κ3) is 5.50. The molecule has 3 aromatic rings. The van der Waals surface area contributed by atoms with Gasteiger partial charge in [0.05, 0.1) is 22.4 Å². The molecule has 0 radical (unpaired) electrons. The number of nitrogens with one attached hydrogen (secondary N) is 1. The minimum absolute atomic E-state index is 0.0511. The van der Waals surface area contributed by atoms with Crippen LogP contribution in [0.3, 0.4) is 0 Å². The highest BCUT2D eigenvalue weighted by Crippen LogP contribution is 2.47. The zero-order valence-electron chi connectivity index (χ0n) is 22.0. The molecule has 5 rings (SSSR count). The minimum Gasteiger partial charge on any atom is -0.375 e. The van der Waals surface area contributed by atoms with E-state index in [2.05, 4.69) is 21.4 Å². The minimum atomic E-state index is -3.47. The number of anilines is 1. The summed E-state index contributed by atoms with van der Waals surface area (Å²) in [5, 5.41) is 13.5. The Morgan fingerprint density at radius 2 is 1.82 bits per heavy atom. The molecule has 1 aliphatic carbocycles. The van der Waals surface area contributed by atoms with E-state index >= 15 is 4.39 Å². The van der Waals surface area contributed by atoms with Gasteiger partial charge in [-0.15, -0.1) is 0 Å².